The fraction of sp³-hybridized carbons (Fsp3) is 0.0625. The summed E-state index contributed by atoms with van der Waals surface area (Å²) in [6.07, 6.45) is 1.43. The van der Waals surface area contributed by atoms with Crippen LogP contribution in [0.25, 0.3) is 11.6 Å². The molecule has 0 bridgehead atoms. The zero-order valence-electron chi connectivity index (χ0n) is 11.2. The fourth-order valence-electron chi connectivity index (χ4n) is 1.85. The molecule has 0 amide bonds. The smallest absolute Gasteiger partial charge is 0.336 e. The van der Waals surface area contributed by atoms with Gasteiger partial charge in [-0.1, -0.05) is 18.2 Å². The lowest BCUT2D eigenvalue weighted by Crippen LogP contribution is -1.99. The van der Waals surface area contributed by atoms with Crippen molar-refractivity contribution in [3.05, 3.63) is 59.4 Å². The van der Waals surface area contributed by atoms with Gasteiger partial charge in [-0.05, 0) is 41.5 Å². The first kappa shape index (κ1) is 14.6. The molecule has 0 saturated heterocycles. The molecule has 2 aromatic carbocycles. The van der Waals surface area contributed by atoms with E-state index in [-0.39, 0.29) is 17.1 Å². The first-order chi connectivity index (χ1) is 10.0. The van der Waals surface area contributed by atoms with Crippen LogP contribution in [0.3, 0.4) is 0 Å². The lowest BCUT2D eigenvalue weighted by molar-refractivity contribution is -0.130. The van der Waals surface area contributed by atoms with Crippen LogP contribution in [-0.2, 0) is 4.79 Å². The van der Waals surface area contributed by atoms with Crippen molar-refractivity contribution in [1.29, 1.82) is 0 Å². The van der Waals surface area contributed by atoms with Gasteiger partial charge in [-0.15, -0.1) is 0 Å². The molecule has 0 spiro atoms. The van der Waals surface area contributed by atoms with Gasteiger partial charge in [0.05, 0.1) is 12.7 Å². The molecule has 0 aliphatic carbocycles. The number of carbonyl (C=O) groups is 1. The summed E-state index contributed by atoms with van der Waals surface area (Å²) < 4.78 is 17.9. The second-order valence-corrected chi connectivity index (χ2v) is 4.30. The number of phenolic OH excluding ortho intramolecular Hbond substituents is 1. The van der Waals surface area contributed by atoms with Crippen LogP contribution in [0, 0.1) is 5.82 Å². The van der Waals surface area contributed by atoms with E-state index in [4.69, 9.17) is 4.74 Å². The molecule has 0 heterocycles. The number of halogens is 1. The average molecular weight is 288 g/mol. The van der Waals surface area contributed by atoms with Crippen molar-refractivity contribution in [2.24, 2.45) is 0 Å². The number of methoxy groups -OCH3 is 1. The maximum absolute atomic E-state index is 12.9. The molecule has 0 aromatic heterocycles. The normalized spacial score (nSPS) is 11.2. The monoisotopic (exact) mass is 288 g/mol. The number of carboxylic acids is 1. The number of carboxylic acid groups (broad SMARTS) is 1. The lowest BCUT2D eigenvalue weighted by atomic mass is 10.0. The third kappa shape index (κ3) is 3.39. The predicted molar refractivity (Wildman–Crippen MR) is 76.6 cm³/mol. The molecule has 4 nitrogen and oxygen atoms in total. The fourth-order valence-corrected chi connectivity index (χ4v) is 1.85. The van der Waals surface area contributed by atoms with E-state index in [1.165, 1.54) is 49.6 Å². The first-order valence-corrected chi connectivity index (χ1v) is 6.09. The number of aromatic hydroxyl groups is 1. The maximum atomic E-state index is 12.9. The van der Waals surface area contributed by atoms with E-state index in [2.05, 4.69) is 0 Å². The molecule has 0 atom stereocenters. The molecule has 0 unspecified atom stereocenters. The quantitative estimate of drug-likeness (QED) is 0.670. The zero-order chi connectivity index (χ0) is 15.4. The van der Waals surface area contributed by atoms with Crippen molar-refractivity contribution in [3.63, 3.8) is 0 Å². The topological polar surface area (TPSA) is 66.8 Å². The Kier molecular flexibility index (Phi) is 4.23. The minimum absolute atomic E-state index is 0.0164. The highest BCUT2D eigenvalue weighted by molar-refractivity contribution is 6.20. The summed E-state index contributed by atoms with van der Waals surface area (Å²) in [4.78, 5) is 11.4. The second kappa shape index (κ2) is 6.09. The highest BCUT2D eigenvalue weighted by Gasteiger charge is 2.11. The SMILES string of the molecule is COc1cc(/C=C(\C(=O)O)c2ccc(F)cc2)ccc1O. The van der Waals surface area contributed by atoms with Crippen LogP contribution in [0.2, 0.25) is 0 Å². The van der Waals surface area contributed by atoms with Crippen molar-refractivity contribution in [2.75, 3.05) is 7.11 Å². The molecule has 108 valence electrons. The molecule has 0 aliphatic rings. The molecule has 2 aromatic rings. The van der Waals surface area contributed by atoms with E-state index < -0.39 is 11.8 Å². The Labute approximate surface area is 120 Å². The Morgan fingerprint density at radius 3 is 2.43 bits per heavy atom. The summed E-state index contributed by atoms with van der Waals surface area (Å²) >= 11 is 0. The standard InChI is InChI=1S/C16H13FO4/c1-21-15-9-10(2-7-14(15)18)8-13(16(19)20)11-3-5-12(17)6-4-11/h2-9,18H,1H3,(H,19,20)/b13-8-. The lowest BCUT2D eigenvalue weighted by Gasteiger charge is -2.06. The van der Waals surface area contributed by atoms with Crippen LogP contribution >= 0.6 is 0 Å². The molecule has 0 aliphatic heterocycles. The van der Waals surface area contributed by atoms with Gasteiger partial charge in [0, 0.05) is 0 Å². The van der Waals surface area contributed by atoms with Gasteiger partial charge in [-0.2, -0.15) is 0 Å². The Morgan fingerprint density at radius 2 is 1.86 bits per heavy atom. The van der Waals surface area contributed by atoms with E-state index >= 15 is 0 Å². The van der Waals surface area contributed by atoms with Crippen LogP contribution in [0.1, 0.15) is 11.1 Å². The van der Waals surface area contributed by atoms with Gasteiger partial charge < -0.3 is 14.9 Å². The molecule has 21 heavy (non-hydrogen) atoms. The van der Waals surface area contributed by atoms with Gasteiger partial charge in [0.25, 0.3) is 0 Å². The van der Waals surface area contributed by atoms with Gasteiger partial charge in [0.2, 0.25) is 0 Å². The minimum Gasteiger partial charge on any atom is -0.504 e. The number of aliphatic carboxylic acids is 1. The molecular weight excluding hydrogens is 275 g/mol. The number of ether oxygens (including phenoxy) is 1. The van der Waals surface area contributed by atoms with Crippen molar-refractivity contribution in [3.8, 4) is 11.5 Å². The zero-order valence-corrected chi connectivity index (χ0v) is 11.2. The highest BCUT2D eigenvalue weighted by Crippen LogP contribution is 2.28. The van der Waals surface area contributed by atoms with E-state index in [1.807, 2.05) is 0 Å². The largest absolute Gasteiger partial charge is 0.504 e. The van der Waals surface area contributed by atoms with Gasteiger partial charge in [-0.25, -0.2) is 9.18 Å². The summed E-state index contributed by atoms with van der Waals surface area (Å²) in [7, 11) is 1.40. The molecule has 2 rings (SSSR count). The third-order valence-electron chi connectivity index (χ3n) is 2.90. The van der Waals surface area contributed by atoms with E-state index in [1.54, 1.807) is 6.07 Å². The Balaban J connectivity index is 2.47. The Hall–Kier alpha value is -2.82. The number of hydrogen-bond acceptors (Lipinski definition) is 3. The van der Waals surface area contributed by atoms with Crippen LogP contribution < -0.4 is 4.74 Å². The van der Waals surface area contributed by atoms with Crippen LogP contribution in [0.4, 0.5) is 4.39 Å². The molecule has 0 saturated carbocycles. The number of benzene rings is 2. The van der Waals surface area contributed by atoms with Crippen LogP contribution in [-0.4, -0.2) is 23.3 Å². The first-order valence-electron chi connectivity index (χ1n) is 6.09. The van der Waals surface area contributed by atoms with Gasteiger partial charge in [-0.3, -0.25) is 0 Å². The van der Waals surface area contributed by atoms with Crippen molar-refractivity contribution >= 4 is 17.6 Å². The van der Waals surface area contributed by atoms with E-state index in [0.29, 0.717) is 11.1 Å². The number of hydrogen-bond donors (Lipinski definition) is 2. The van der Waals surface area contributed by atoms with Crippen molar-refractivity contribution in [2.45, 2.75) is 0 Å². The van der Waals surface area contributed by atoms with Crippen LogP contribution in [0.15, 0.2) is 42.5 Å². The van der Waals surface area contributed by atoms with E-state index in [0.717, 1.165) is 0 Å². The summed E-state index contributed by atoms with van der Waals surface area (Å²) in [6, 6.07) is 9.67. The molecule has 2 N–H and O–H groups in total. The Bertz CT molecular complexity index is 690. The third-order valence-corrected chi connectivity index (χ3v) is 2.90. The minimum atomic E-state index is -1.13. The summed E-state index contributed by atoms with van der Waals surface area (Å²) in [5.74, 6) is -1.36. The summed E-state index contributed by atoms with van der Waals surface area (Å²) in [5, 5.41) is 18.8. The summed E-state index contributed by atoms with van der Waals surface area (Å²) in [5.41, 5.74) is 0.949. The summed E-state index contributed by atoms with van der Waals surface area (Å²) in [6.45, 7) is 0. The van der Waals surface area contributed by atoms with Crippen molar-refractivity contribution in [1.82, 2.24) is 0 Å². The van der Waals surface area contributed by atoms with Gasteiger partial charge in [0.15, 0.2) is 11.5 Å². The van der Waals surface area contributed by atoms with Crippen molar-refractivity contribution < 1.29 is 24.1 Å². The predicted octanol–water partition coefficient (Wildman–Crippen LogP) is 3.17. The van der Waals surface area contributed by atoms with Gasteiger partial charge >= 0.3 is 5.97 Å². The van der Waals surface area contributed by atoms with Gasteiger partial charge in [0.1, 0.15) is 5.82 Å². The highest BCUT2D eigenvalue weighted by atomic mass is 19.1. The van der Waals surface area contributed by atoms with Crippen LogP contribution in [0.5, 0.6) is 11.5 Å². The Morgan fingerprint density at radius 1 is 1.19 bits per heavy atom. The molecular formula is C16H13FO4. The maximum Gasteiger partial charge on any atom is 0.336 e. The molecule has 0 radical (unpaired) electrons. The molecule has 0 fully saturated rings. The number of phenols is 1. The second-order valence-electron chi connectivity index (χ2n) is 4.30. The van der Waals surface area contributed by atoms with E-state index in [9.17, 15) is 19.4 Å². The average Bonchev–Trinajstić information content (AvgIpc) is 2.47. The molecule has 5 heteroatoms. The number of rotatable bonds is 4.